The maximum atomic E-state index is 4.92. The van der Waals surface area contributed by atoms with E-state index < -0.39 is 0 Å². The first-order chi connectivity index (χ1) is 8.92. The zero-order valence-electron chi connectivity index (χ0n) is 11.2. The summed E-state index contributed by atoms with van der Waals surface area (Å²) in [7, 11) is 0. The van der Waals surface area contributed by atoms with Gasteiger partial charge in [0.1, 0.15) is 0 Å². The van der Waals surface area contributed by atoms with Crippen LogP contribution >= 0.6 is 11.3 Å². The monoisotopic (exact) mass is 264 g/mol. The molecule has 1 aliphatic heterocycles. The largest absolute Gasteiger partial charge is 0.316 e. The highest BCUT2D eigenvalue weighted by Crippen LogP contribution is 2.33. The minimum Gasteiger partial charge on any atom is -0.316 e. The Balaban J connectivity index is 1.58. The van der Waals surface area contributed by atoms with Crippen LogP contribution < -0.4 is 5.32 Å². The van der Waals surface area contributed by atoms with Crippen LogP contribution in [0.2, 0.25) is 0 Å². The SMILES string of the molecule is c1sc(CC2CCCNC2)nc1C1CCCCC1. The van der Waals surface area contributed by atoms with Crippen molar-refractivity contribution in [3.05, 3.63) is 16.1 Å². The molecular formula is C15H24N2S. The summed E-state index contributed by atoms with van der Waals surface area (Å²) in [5, 5.41) is 7.22. The van der Waals surface area contributed by atoms with Gasteiger partial charge in [-0.05, 0) is 44.7 Å². The van der Waals surface area contributed by atoms with Gasteiger partial charge in [-0.1, -0.05) is 19.3 Å². The van der Waals surface area contributed by atoms with Crippen LogP contribution in [0.25, 0.3) is 0 Å². The topological polar surface area (TPSA) is 24.9 Å². The number of thiazole rings is 1. The predicted octanol–water partition coefficient (Wildman–Crippen LogP) is 3.73. The summed E-state index contributed by atoms with van der Waals surface area (Å²) in [6, 6.07) is 0. The van der Waals surface area contributed by atoms with Crippen LogP contribution in [0.3, 0.4) is 0 Å². The molecule has 2 fully saturated rings. The molecule has 0 amide bonds. The van der Waals surface area contributed by atoms with Crippen LogP contribution in [0, 0.1) is 5.92 Å². The van der Waals surface area contributed by atoms with Gasteiger partial charge < -0.3 is 5.32 Å². The fourth-order valence-corrected chi connectivity index (χ4v) is 4.34. The quantitative estimate of drug-likeness (QED) is 0.899. The first-order valence-corrected chi connectivity index (χ1v) is 8.45. The molecule has 0 spiro atoms. The molecule has 3 rings (SSSR count). The van der Waals surface area contributed by atoms with Crippen LogP contribution in [-0.2, 0) is 6.42 Å². The summed E-state index contributed by atoms with van der Waals surface area (Å²) < 4.78 is 0. The second kappa shape index (κ2) is 6.16. The minimum absolute atomic E-state index is 0.772. The van der Waals surface area contributed by atoms with E-state index in [1.807, 2.05) is 11.3 Å². The van der Waals surface area contributed by atoms with Gasteiger partial charge in [-0.3, -0.25) is 0 Å². The highest BCUT2D eigenvalue weighted by molar-refractivity contribution is 7.09. The predicted molar refractivity (Wildman–Crippen MR) is 77.2 cm³/mol. The molecule has 100 valence electrons. The van der Waals surface area contributed by atoms with Crippen LogP contribution in [0.4, 0.5) is 0 Å². The molecule has 1 atom stereocenters. The van der Waals surface area contributed by atoms with Crippen molar-refractivity contribution in [1.29, 1.82) is 0 Å². The van der Waals surface area contributed by atoms with Crippen molar-refractivity contribution >= 4 is 11.3 Å². The molecule has 2 nitrogen and oxygen atoms in total. The first kappa shape index (κ1) is 12.6. The number of nitrogens with zero attached hydrogens (tertiary/aromatic N) is 1. The number of rotatable bonds is 3. The minimum atomic E-state index is 0.772. The highest BCUT2D eigenvalue weighted by atomic mass is 32.1. The summed E-state index contributed by atoms with van der Waals surface area (Å²) in [5.74, 6) is 1.59. The third-order valence-corrected chi connectivity index (χ3v) is 5.34. The molecule has 2 heterocycles. The fraction of sp³-hybridized carbons (Fsp3) is 0.800. The van der Waals surface area contributed by atoms with E-state index in [2.05, 4.69) is 10.7 Å². The summed E-state index contributed by atoms with van der Waals surface area (Å²) >= 11 is 1.90. The lowest BCUT2D eigenvalue weighted by atomic mass is 9.87. The van der Waals surface area contributed by atoms with E-state index >= 15 is 0 Å². The van der Waals surface area contributed by atoms with E-state index in [4.69, 9.17) is 4.98 Å². The summed E-state index contributed by atoms with van der Waals surface area (Å²) in [4.78, 5) is 4.92. The standard InChI is InChI=1S/C15H24N2S/c1-2-6-13(7-3-1)14-11-18-15(17-14)9-12-5-4-8-16-10-12/h11-13,16H,1-10H2. The zero-order chi connectivity index (χ0) is 12.2. The maximum Gasteiger partial charge on any atom is 0.0931 e. The molecule has 1 aliphatic carbocycles. The van der Waals surface area contributed by atoms with E-state index in [1.165, 1.54) is 75.2 Å². The van der Waals surface area contributed by atoms with E-state index in [1.54, 1.807) is 0 Å². The Kier molecular flexibility index (Phi) is 4.32. The Morgan fingerprint density at radius 1 is 1.17 bits per heavy atom. The Hall–Kier alpha value is -0.410. The van der Waals surface area contributed by atoms with E-state index in [9.17, 15) is 0 Å². The molecule has 1 N–H and O–H groups in total. The van der Waals surface area contributed by atoms with Crippen molar-refractivity contribution in [3.63, 3.8) is 0 Å². The van der Waals surface area contributed by atoms with Gasteiger partial charge in [0.15, 0.2) is 0 Å². The number of piperidine rings is 1. The van der Waals surface area contributed by atoms with Gasteiger partial charge in [0.2, 0.25) is 0 Å². The third kappa shape index (κ3) is 3.12. The normalized spacial score (nSPS) is 26.3. The van der Waals surface area contributed by atoms with Gasteiger partial charge in [-0.2, -0.15) is 0 Å². The molecule has 1 aromatic rings. The average molecular weight is 264 g/mol. The second-order valence-corrected chi connectivity index (χ2v) is 6.86. The molecule has 1 unspecified atom stereocenters. The van der Waals surface area contributed by atoms with Crippen molar-refractivity contribution in [2.24, 2.45) is 5.92 Å². The molecule has 2 aliphatic rings. The Bertz CT molecular complexity index is 362. The molecule has 18 heavy (non-hydrogen) atoms. The van der Waals surface area contributed by atoms with Gasteiger partial charge in [0.05, 0.1) is 10.7 Å². The van der Waals surface area contributed by atoms with Gasteiger partial charge in [0, 0.05) is 17.7 Å². The van der Waals surface area contributed by atoms with Crippen molar-refractivity contribution < 1.29 is 0 Å². The lowest BCUT2D eigenvalue weighted by Gasteiger charge is -2.21. The molecular weight excluding hydrogens is 240 g/mol. The number of aromatic nitrogens is 1. The van der Waals surface area contributed by atoms with Gasteiger partial charge in [0.25, 0.3) is 0 Å². The van der Waals surface area contributed by atoms with Crippen LogP contribution in [0.5, 0.6) is 0 Å². The van der Waals surface area contributed by atoms with Crippen molar-refractivity contribution in [2.75, 3.05) is 13.1 Å². The molecule has 1 saturated heterocycles. The smallest absolute Gasteiger partial charge is 0.0931 e. The van der Waals surface area contributed by atoms with E-state index in [-0.39, 0.29) is 0 Å². The number of hydrogen-bond donors (Lipinski definition) is 1. The van der Waals surface area contributed by atoms with Crippen molar-refractivity contribution in [1.82, 2.24) is 10.3 Å². The van der Waals surface area contributed by atoms with Crippen molar-refractivity contribution in [2.45, 2.75) is 57.3 Å². The maximum absolute atomic E-state index is 4.92. The molecule has 0 aromatic carbocycles. The Morgan fingerprint density at radius 2 is 2.06 bits per heavy atom. The molecule has 3 heteroatoms. The van der Waals surface area contributed by atoms with Gasteiger partial charge >= 0.3 is 0 Å². The number of nitrogens with one attached hydrogen (secondary N) is 1. The lowest BCUT2D eigenvalue weighted by molar-refractivity contribution is 0.375. The average Bonchev–Trinajstić information content (AvgIpc) is 2.89. The van der Waals surface area contributed by atoms with Crippen molar-refractivity contribution in [3.8, 4) is 0 Å². The van der Waals surface area contributed by atoms with Crippen LogP contribution in [0.1, 0.15) is 61.6 Å². The highest BCUT2D eigenvalue weighted by Gasteiger charge is 2.20. The van der Waals surface area contributed by atoms with Gasteiger partial charge in [-0.25, -0.2) is 4.98 Å². The molecule has 1 saturated carbocycles. The molecule has 0 radical (unpaired) electrons. The van der Waals surface area contributed by atoms with E-state index in [0.29, 0.717) is 0 Å². The lowest BCUT2D eigenvalue weighted by Crippen LogP contribution is -2.30. The first-order valence-electron chi connectivity index (χ1n) is 7.57. The summed E-state index contributed by atoms with van der Waals surface area (Å²) in [6.45, 7) is 2.40. The zero-order valence-corrected chi connectivity index (χ0v) is 12.0. The summed E-state index contributed by atoms with van der Waals surface area (Å²) in [5.41, 5.74) is 1.40. The van der Waals surface area contributed by atoms with Crippen LogP contribution in [-0.4, -0.2) is 18.1 Å². The van der Waals surface area contributed by atoms with Gasteiger partial charge in [-0.15, -0.1) is 11.3 Å². The third-order valence-electron chi connectivity index (χ3n) is 4.46. The second-order valence-electron chi connectivity index (χ2n) is 5.92. The van der Waals surface area contributed by atoms with E-state index in [0.717, 1.165) is 11.8 Å². The fourth-order valence-electron chi connectivity index (χ4n) is 3.35. The Morgan fingerprint density at radius 3 is 2.83 bits per heavy atom. The summed E-state index contributed by atoms with van der Waals surface area (Å²) in [6.07, 6.45) is 10.9. The Labute approximate surface area is 114 Å². The number of hydrogen-bond acceptors (Lipinski definition) is 3. The van der Waals surface area contributed by atoms with Crippen LogP contribution in [0.15, 0.2) is 5.38 Å². The molecule has 1 aromatic heterocycles. The molecule has 0 bridgehead atoms.